The molecule has 0 N–H and O–H groups in total. The first-order valence-corrected chi connectivity index (χ1v) is 16.9. The Labute approximate surface area is 193 Å². The zero-order valence-electron chi connectivity index (χ0n) is 21.9. The van der Waals surface area contributed by atoms with Crippen molar-refractivity contribution < 1.29 is 4.43 Å². The van der Waals surface area contributed by atoms with Crippen LogP contribution in [0.25, 0.3) is 0 Å². The molecule has 0 aliphatic carbocycles. The van der Waals surface area contributed by atoms with Gasteiger partial charge < -0.3 is 4.43 Å². The lowest BCUT2D eigenvalue weighted by atomic mass is 10.1. The minimum atomic E-state index is -1.54. The molecule has 0 saturated carbocycles. The van der Waals surface area contributed by atoms with Gasteiger partial charge in [-0.3, -0.25) is 0 Å². The maximum Gasteiger partial charge on any atom is 0.192 e. The van der Waals surface area contributed by atoms with Crippen molar-refractivity contribution in [2.45, 2.75) is 174 Å². The standard InChI is InChI=1S/C28H60OSi/c1-5-9-13-16-19-22-26-30(29-25-12-8-4,27-23-20-17-14-10-6-2)28-24-21-18-15-11-7-3/h5-28H2,1-4H3. The molecule has 0 spiro atoms. The fraction of sp³-hybridized carbons (Fsp3) is 1.00. The van der Waals surface area contributed by atoms with E-state index in [1.807, 2.05) is 0 Å². The van der Waals surface area contributed by atoms with Crippen LogP contribution in [0.2, 0.25) is 18.1 Å². The molecule has 2 heteroatoms. The van der Waals surface area contributed by atoms with Crippen LogP contribution in [0.1, 0.15) is 156 Å². The Balaban J connectivity index is 4.61. The van der Waals surface area contributed by atoms with Gasteiger partial charge in [0.05, 0.1) is 0 Å². The van der Waals surface area contributed by atoms with E-state index in [0.717, 1.165) is 6.61 Å². The third-order valence-corrected chi connectivity index (χ3v) is 11.5. The normalized spacial score (nSPS) is 12.0. The van der Waals surface area contributed by atoms with Gasteiger partial charge in [-0.2, -0.15) is 0 Å². The minimum absolute atomic E-state index is 1.05. The fourth-order valence-corrected chi connectivity index (χ4v) is 9.15. The highest BCUT2D eigenvalue weighted by Crippen LogP contribution is 2.31. The lowest BCUT2D eigenvalue weighted by Gasteiger charge is -2.32. The Morgan fingerprint density at radius 3 is 1.00 bits per heavy atom. The molecule has 0 heterocycles. The Morgan fingerprint density at radius 2 is 0.667 bits per heavy atom. The van der Waals surface area contributed by atoms with Crippen LogP contribution in [-0.4, -0.2) is 14.9 Å². The Bertz CT molecular complexity index is 277. The van der Waals surface area contributed by atoms with Crippen LogP contribution in [0.5, 0.6) is 0 Å². The maximum absolute atomic E-state index is 6.89. The van der Waals surface area contributed by atoms with Crippen molar-refractivity contribution in [3.05, 3.63) is 0 Å². The van der Waals surface area contributed by atoms with Gasteiger partial charge in [0, 0.05) is 6.61 Å². The predicted octanol–water partition coefficient (Wildman–Crippen LogP) is 10.8. The van der Waals surface area contributed by atoms with E-state index >= 15 is 0 Å². The molecule has 0 saturated heterocycles. The van der Waals surface area contributed by atoms with Gasteiger partial charge in [0.1, 0.15) is 0 Å². The molecule has 0 unspecified atom stereocenters. The molecule has 0 aromatic rings. The molecule has 0 amide bonds. The number of unbranched alkanes of at least 4 members (excludes halogenated alkanes) is 16. The highest BCUT2D eigenvalue weighted by Gasteiger charge is 2.33. The van der Waals surface area contributed by atoms with E-state index in [1.54, 1.807) is 0 Å². The van der Waals surface area contributed by atoms with Crippen LogP contribution in [0.3, 0.4) is 0 Å². The molecule has 30 heavy (non-hydrogen) atoms. The van der Waals surface area contributed by atoms with Crippen molar-refractivity contribution in [2.24, 2.45) is 0 Å². The van der Waals surface area contributed by atoms with Crippen molar-refractivity contribution in [1.29, 1.82) is 0 Å². The van der Waals surface area contributed by atoms with E-state index < -0.39 is 8.32 Å². The van der Waals surface area contributed by atoms with Crippen molar-refractivity contribution >= 4 is 8.32 Å². The molecule has 1 nitrogen and oxygen atoms in total. The quantitative estimate of drug-likeness (QED) is 0.101. The summed E-state index contributed by atoms with van der Waals surface area (Å²) in [5, 5.41) is 0. The summed E-state index contributed by atoms with van der Waals surface area (Å²) in [6.07, 6.45) is 28.2. The molecular formula is C28H60OSi. The summed E-state index contributed by atoms with van der Waals surface area (Å²) in [5.41, 5.74) is 0. The summed E-state index contributed by atoms with van der Waals surface area (Å²) >= 11 is 0. The molecule has 0 rings (SSSR count). The smallest absolute Gasteiger partial charge is 0.192 e. The highest BCUT2D eigenvalue weighted by atomic mass is 28.4. The van der Waals surface area contributed by atoms with Crippen LogP contribution >= 0.6 is 0 Å². The van der Waals surface area contributed by atoms with Gasteiger partial charge in [-0.25, -0.2) is 0 Å². The number of rotatable bonds is 25. The van der Waals surface area contributed by atoms with Crippen molar-refractivity contribution in [1.82, 2.24) is 0 Å². The second-order valence-electron chi connectivity index (χ2n) is 9.94. The summed E-state index contributed by atoms with van der Waals surface area (Å²) in [7, 11) is -1.54. The van der Waals surface area contributed by atoms with Crippen LogP contribution in [0.4, 0.5) is 0 Å². The molecule has 0 aliphatic rings. The fourth-order valence-electron chi connectivity index (χ4n) is 4.71. The predicted molar refractivity (Wildman–Crippen MR) is 141 cm³/mol. The van der Waals surface area contributed by atoms with Crippen LogP contribution in [0, 0.1) is 0 Å². The first kappa shape index (κ1) is 30.2. The van der Waals surface area contributed by atoms with Gasteiger partial charge >= 0.3 is 0 Å². The summed E-state index contributed by atoms with van der Waals surface area (Å²) < 4.78 is 6.89. The van der Waals surface area contributed by atoms with Gasteiger partial charge in [0.2, 0.25) is 0 Å². The molecule has 0 fully saturated rings. The molecule has 0 aromatic carbocycles. The molecule has 0 bridgehead atoms. The first-order valence-electron chi connectivity index (χ1n) is 14.4. The van der Waals surface area contributed by atoms with Gasteiger partial charge in [0.15, 0.2) is 8.32 Å². The monoisotopic (exact) mass is 440 g/mol. The zero-order chi connectivity index (χ0) is 22.2. The molecule has 0 aliphatic heterocycles. The van der Waals surface area contributed by atoms with Crippen molar-refractivity contribution in [3.63, 3.8) is 0 Å². The lowest BCUT2D eigenvalue weighted by molar-refractivity contribution is 0.285. The van der Waals surface area contributed by atoms with Gasteiger partial charge in [-0.1, -0.05) is 150 Å². The second kappa shape index (κ2) is 23.8. The largest absolute Gasteiger partial charge is 0.417 e. The minimum Gasteiger partial charge on any atom is -0.417 e. The Kier molecular flexibility index (Phi) is 24.0. The van der Waals surface area contributed by atoms with E-state index in [0.29, 0.717) is 0 Å². The molecule has 182 valence electrons. The van der Waals surface area contributed by atoms with Crippen molar-refractivity contribution in [3.8, 4) is 0 Å². The van der Waals surface area contributed by atoms with Gasteiger partial charge in [0.25, 0.3) is 0 Å². The van der Waals surface area contributed by atoms with E-state index in [4.69, 9.17) is 4.43 Å². The van der Waals surface area contributed by atoms with E-state index in [1.165, 1.54) is 147 Å². The van der Waals surface area contributed by atoms with Crippen LogP contribution in [-0.2, 0) is 4.43 Å². The number of hydrogen-bond acceptors (Lipinski definition) is 1. The van der Waals surface area contributed by atoms with E-state index in [-0.39, 0.29) is 0 Å². The Hall–Kier alpha value is 0.177. The molecular weight excluding hydrogens is 380 g/mol. The average molecular weight is 441 g/mol. The van der Waals surface area contributed by atoms with E-state index in [2.05, 4.69) is 27.7 Å². The lowest BCUT2D eigenvalue weighted by Crippen LogP contribution is -2.38. The van der Waals surface area contributed by atoms with Crippen molar-refractivity contribution in [2.75, 3.05) is 6.61 Å². The van der Waals surface area contributed by atoms with E-state index in [9.17, 15) is 0 Å². The highest BCUT2D eigenvalue weighted by molar-refractivity contribution is 6.73. The Morgan fingerprint density at radius 1 is 0.367 bits per heavy atom. The van der Waals surface area contributed by atoms with Gasteiger partial charge in [-0.15, -0.1) is 0 Å². The molecule has 0 atom stereocenters. The SMILES string of the molecule is CCCCCCCC[Si](CCCCCCCC)(CCCCCCCC)OCCCC. The average Bonchev–Trinajstić information content (AvgIpc) is 2.75. The third kappa shape index (κ3) is 18.9. The molecule has 0 aromatic heterocycles. The molecule has 0 radical (unpaired) electrons. The summed E-state index contributed by atoms with van der Waals surface area (Å²) in [6, 6.07) is 4.35. The van der Waals surface area contributed by atoms with Crippen LogP contribution in [0.15, 0.2) is 0 Å². The topological polar surface area (TPSA) is 9.23 Å². The van der Waals surface area contributed by atoms with Gasteiger partial charge in [-0.05, 0) is 24.6 Å². The first-order chi connectivity index (χ1) is 14.7. The maximum atomic E-state index is 6.89. The summed E-state index contributed by atoms with van der Waals surface area (Å²) in [5.74, 6) is 0. The van der Waals surface area contributed by atoms with Crippen LogP contribution < -0.4 is 0 Å². The zero-order valence-corrected chi connectivity index (χ0v) is 22.9. The summed E-state index contributed by atoms with van der Waals surface area (Å²) in [4.78, 5) is 0. The number of hydrogen-bond donors (Lipinski definition) is 0. The summed E-state index contributed by atoms with van der Waals surface area (Å²) in [6.45, 7) is 10.3. The second-order valence-corrected chi connectivity index (χ2v) is 14.1. The third-order valence-electron chi connectivity index (χ3n) is 6.86.